The van der Waals surface area contributed by atoms with Crippen molar-refractivity contribution in [3.05, 3.63) is 11.1 Å². The van der Waals surface area contributed by atoms with Gasteiger partial charge in [-0.25, -0.2) is 4.98 Å². The van der Waals surface area contributed by atoms with Crippen molar-refractivity contribution < 1.29 is 4.74 Å². The molecule has 1 aliphatic rings. The molecule has 0 aromatic carbocycles. The number of nitrogens with one attached hydrogen (secondary N) is 1. The van der Waals surface area contributed by atoms with E-state index in [4.69, 9.17) is 17.0 Å². The number of H-pyrrole nitrogens is 1. The van der Waals surface area contributed by atoms with Crippen molar-refractivity contribution in [2.45, 2.75) is 45.6 Å². The zero-order valence-corrected chi connectivity index (χ0v) is 13.6. The maximum absolute atomic E-state index is 5.56. The summed E-state index contributed by atoms with van der Waals surface area (Å²) in [5.41, 5.74) is 1.67. The third-order valence-corrected chi connectivity index (χ3v) is 4.93. The van der Waals surface area contributed by atoms with Crippen molar-refractivity contribution in [2.24, 2.45) is 11.8 Å². The van der Waals surface area contributed by atoms with Gasteiger partial charge < -0.3 is 9.72 Å². The van der Waals surface area contributed by atoms with Crippen LogP contribution < -0.4 is 4.74 Å². The lowest BCUT2D eigenvalue weighted by Gasteiger charge is -2.35. The number of imidazole rings is 1. The molecule has 2 atom stereocenters. The number of aromatic amines is 1. The number of ether oxygens (including phenoxy) is 1. The van der Waals surface area contributed by atoms with E-state index in [2.05, 4.69) is 33.4 Å². The maximum atomic E-state index is 5.56. The summed E-state index contributed by atoms with van der Waals surface area (Å²) >= 11 is 5.56. The zero-order chi connectivity index (χ0) is 15.0. The molecule has 1 N–H and O–H groups in total. The van der Waals surface area contributed by atoms with Gasteiger partial charge in [-0.05, 0) is 36.9 Å². The van der Waals surface area contributed by atoms with Gasteiger partial charge in [0.1, 0.15) is 11.8 Å². The molecule has 0 saturated heterocycles. The van der Waals surface area contributed by atoms with Gasteiger partial charge >= 0.3 is 0 Å². The van der Waals surface area contributed by atoms with Crippen molar-refractivity contribution in [1.29, 1.82) is 0 Å². The Morgan fingerprint density at radius 3 is 2.81 bits per heavy atom. The first-order valence-corrected chi connectivity index (χ1v) is 8.03. The number of fused-ring (bicyclic) bond motifs is 1. The van der Waals surface area contributed by atoms with Gasteiger partial charge in [-0.2, -0.15) is 4.98 Å². The Hall–Kier alpha value is -1.43. The molecule has 2 unspecified atom stereocenters. The maximum Gasteiger partial charge on any atom is 0.242 e. The summed E-state index contributed by atoms with van der Waals surface area (Å²) in [4.78, 5) is 11.8. The molecule has 114 valence electrons. The van der Waals surface area contributed by atoms with Crippen molar-refractivity contribution in [3.8, 4) is 5.88 Å². The Balaban J connectivity index is 2.15. The summed E-state index contributed by atoms with van der Waals surface area (Å²) in [6.45, 7) is 4.61. The van der Waals surface area contributed by atoms with E-state index in [-0.39, 0.29) is 0 Å². The standard InChI is InChI=1S/C15H22N4OS/c1-9(2)10-6-4-5-7-11(10)19-13-12(18-15(19)21)14(20-3)17-8-16-13/h8-11H,4-7H2,1-3H3,(H,18,21). The summed E-state index contributed by atoms with van der Waals surface area (Å²) in [6.07, 6.45) is 6.54. The van der Waals surface area contributed by atoms with Gasteiger partial charge in [-0.3, -0.25) is 4.57 Å². The predicted molar refractivity (Wildman–Crippen MR) is 85.1 cm³/mol. The molecule has 1 fully saturated rings. The van der Waals surface area contributed by atoms with Gasteiger partial charge in [0.05, 0.1) is 7.11 Å². The molecule has 0 spiro atoms. The summed E-state index contributed by atoms with van der Waals surface area (Å²) < 4.78 is 8.23. The largest absolute Gasteiger partial charge is 0.479 e. The van der Waals surface area contributed by atoms with Crippen LogP contribution >= 0.6 is 12.2 Å². The van der Waals surface area contributed by atoms with Crippen LogP contribution in [-0.4, -0.2) is 26.6 Å². The van der Waals surface area contributed by atoms with E-state index in [1.165, 1.54) is 19.3 Å². The molecular formula is C15H22N4OS. The van der Waals surface area contributed by atoms with E-state index in [0.717, 1.165) is 22.4 Å². The molecule has 0 bridgehead atoms. The van der Waals surface area contributed by atoms with Crippen LogP contribution in [0.2, 0.25) is 0 Å². The molecule has 2 aromatic rings. The van der Waals surface area contributed by atoms with E-state index in [1.54, 1.807) is 13.4 Å². The molecule has 0 amide bonds. The summed E-state index contributed by atoms with van der Waals surface area (Å²) in [6, 6.07) is 0.416. The van der Waals surface area contributed by atoms with E-state index >= 15 is 0 Å². The highest BCUT2D eigenvalue weighted by Gasteiger charge is 2.31. The lowest BCUT2D eigenvalue weighted by Crippen LogP contribution is -2.27. The van der Waals surface area contributed by atoms with Crippen molar-refractivity contribution in [3.63, 3.8) is 0 Å². The van der Waals surface area contributed by atoms with Crippen molar-refractivity contribution >= 4 is 23.4 Å². The molecule has 21 heavy (non-hydrogen) atoms. The third kappa shape index (κ3) is 2.46. The van der Waals surface area contributed by atoms with Gasteiger partial charge in [0.2, 0.25) is 5.88 Å². The van der Waals surface area contributed by atoms with E-state index in [1.807, 2.05) is 0 Å². The van der Waals surface area contributed by atoms with Crippen molar-refractivity contribution in [2.75, 3.05) is 7.11 Å². The van der Waals surface area contributed by atoms with E-state index in [9.17, 15) is 0 Å². The monoisotopic (exact) mass is 306 g/mol. The second kappa shape index (κ2) is 5.75. The predicted octanol–water partition coefficient (Wildman–Crippen LogP) is 3.88. The first kappa shape index (κ1) is 14.5. The zero-order valence-electron chi connectivity index (χ0n) is 12.8. The highest BCUT2D eigenvalue weighted by molar-refractivity contribution is 7.71. The minimum atomic E-state index is 0.416. The molecule has 3 rings (SSSR count). The average Bonchev–Trinajstić information content (AvgIpc) is 2.82. The van der Waals surface area contributed by atoms with Gasteiger partial charge in [0.25, 0.3) is 0 Å². The number of aromatic nitrogens is 4. The molecular weight excluding hydrogens is 284 g/mol. The minimum absolute atomic E-state index is 0.416. The fourth-order valence-corrected chi connectivity index (χ4v) is 3.94. The van der Waals surface area contributed by atoms with Gasteiger partial charge in [-0.15, -0.1) is 0 Å². The minimum Gasteiger partial charge on any atom is -0.479 e. The molecule has 0 radical (unpaired) electrons. The topological polar surface area (TPSA) is 55.7 Å². The van der Waals surface area contributed by atoms with Crippen LogP contribution in [0.25, 0.3) is 11.2 Å². The third-order valence-electron chi connectivity index (χ3n) is 4.63. The van der Waals surface area contributed by atoms with E-state index < -0.39 is 0 Å². The van der Waals surface area contributed by atoms with Crippen LogP contribution in [-0.2, 0) is 0 Å². The SMILES string of the molecule is COc1ncnc2c1[nH]c(=S)n2C1CCCCC1C(C)C. The lowest BCUT2D eigenvalue weighted by atomic mass is 9.77. The Labute approximate surface area is 129 Å². The normalized spacial score (nSPS) is 22.9. The van der Waals surface area contributed by atoms with Gasteiger partial charge in [-0.1, -0.05) is 26.7 Å². The van der Waals surface area contributed by atoms with Crippen LogP contribution in [0.3, 0.4) is 0 Å². The summed E-state index contributed by atoms with van der Waals surface area (Å²) in [7, 11) is 1.62. The number of hydrogen-bond acceptors (Lipinski definition) is 4. The quantitative estimate of drug-likeness (QED) is 0.874. The summed E-state index contributed by atoms with van der Waals surface area (Å²) in [5, 5.41) is 0. The fourth-order valence-electron chi connectivity index (χ4n) is 3.62. The van der Waals surface area contributed by atoms with Crippen LogP contribution in [0.4, 0.5) is 0 Å². The lowest BCUT2D eigenvalue weighted by molar-refractivity contribution is 0.186. The fraction of sp³-hybridized carbons (Fsp3) is 0.667. The Morgan fingerprint density at radius 1 is 1.33 bits per heavy atom. The first-order valence-electron chi connectivity index (χ1n) is 7.62. The van der Waals surface area contributed by atoms with Crippen LogP contribution in [0, 0.1) is 16.6 Å². The van der Waals surface area contributed by atoms with Gasteiger partial charge in [0, 0.05) is 6.04 Å². The highest BCUT2D eigenvalue weighted by Crippen LogP contribution is 2.40. The number of hydrogen-bond donors (Lipinski definition) is 1. The number of nitrogens with zero attached hydrogens (tertiary/aromatic N) is 3. The van der Waals surface area contributed by atoms with Gasteiger partial charge in [0.15, 0.2) is 10.4 Å². The molecule has 1 aliphatic carbocycles. The molecule has 0 aliphatic heterocycles. The Morgan fingerprint density at radius 2 is 2.10 bits per heavy atom. The Bertz CT molecular complexity index is 691. The second-order valence-corrected chi connectivity index (χ2v) is 6.53. The highest BCUT2D eigenvalue weighted by atomic mass is 32.1. The molecule has 2 heterocycles. The summed E-state index contributed by atoms with van der Waals surface area (Å²) in [5.74, 6) is 1.85. The molecule has 5 nitrogen and oxygen atoms in total. The smallest absolute Gasteiger partial charge is 0.242 e. The van der Waals surface area contributed by atoms with Crippen LogP contribution in [0.5, 0.6) is 5.88 Å². The average molecular weight is 306 g/mol. The van der Waals surface area contributed by atoms with Crippen LogP contribution in [0.15, 0.2) is 6.33 Å². The number of rotatable bonds is 3. The van der Waals surface area contributed by atoms with Crippen molar-refractivity contribution in [1.82, 2.24) is 19.5 Å². The van der Waals surface area contributed by atoms with Crippen LogP contribution in [0.1, 0.15) is 45.6 Å². The molecule has 6 heteroatoms. The molecule has 2 aromatic heterocycles. The second-order valence-electron chi connectivity index (χ2n) is 6.14. The molecule has 1 saturated carbocycles. The Kier molecular flexibility index (Phi) is 3.97. The number of methoxy groups -OCH3 is 1. The van der Waals surface area contributed by atoms with E-state index in [0.29, 0.717) is 23.8 Å². The first-order chi connectivity index (χ1) is 10.1.